The Bertz CT molecular complexity index is 1180. The van der Waals surface area contributed by atoms with Crippen LogP contribution in [-0.4, -0.2) is 4.98 Å². The molecule has 0 amide bonds. The largest absolute Gasteiger partial charge is 0.430 e. The molecule has 1 heterocycles. The van der Waals surface area contributed by atoms with Crippen LogP contribution in [0.25, 0.3) is 21.3 Å². The molecule has 3 nitrogen and oxygen atoms in total. The number of fused-ring (bicyclic) bond motifs is 1. The van der Waals surface area contributed by atoms with E-state index in [4.69, 9.17) is 4.74 Å². The quantitative estimate of drug-likeness (QED) is 0.390. The second kappa shape index (κ2) is 6.98. The van der Waals surface area contributed by atoms with Gasteiger partial charge in [-0.1, -0.05) is 35.6 Å². The molecule has 0 spiro atoms. The number of thiazole rings is 1. The van der Waals surface area contributed by atoms with E-state index in [0.29, 0.717) is 27.6 Å². The van der Waals surface area contributed by atoms with Crippen LogP contribution in [-0.2, 0) is 6.18 Å². The highest BCUT2D eigenvalue weighted by Gasteiger charge is 2.30. The third-order valence-electron chi connectivity index (χ3n) is 4.08. The fourth-order valence-electron chi connectivity index (χ4n) is 2.77. The molecular formula is C21H11F3N2OS. The second-order valence-corrected chi connectivity index (χ2v) is 6.94. The van der Waals surface area contributed by atoms with Crippen LogP contribution in [0.1, 0.15) is 11.1 Å². The van der Waals surface area contributed by atoms with Crippen LogP contribution in [0.5, 0.6) is 10.9 Å². The monoisotopic (exact) mass is 396 g/mol. The van der Waals surface area contributed by atoms with Crippen molar-refractivity contribution >= 4 is 21.6 Å². The lowest BCUT2D eigenvalue weighted by Gasteiger charge is -2.12. The number of benzene rings is 3. The van der Waals surface area contributed by atoms with Gasteiger partial charge in [-0.05, 0) is 48.0 Å². The lowest BCUT2D eigenvalue weighted by molar-refractivity contribution is -0.137. The van der Waals surface area contributed by atoms with E-state index in [1.165, 1.54) is 23.5 Å². The molecule has 0 bridgehead atoms. The highest BCUT2D eigenvalue weighted by molar-refractivity contribution is 7.20. The summed E-state index contributed by atoms with van der Waals surface area (Å²) in [6, 6.07) is 19.1. The lowest BCUT2D eigenvalue weighted by Crippen LogP contribution is -2.04. The Morgan fingerprint density at radius 3 is 2.54 bits per heavy atom. The average molecular weight is 396 g/mol. The van der Waals surface area contributed by atoms with Crippen LogP contribution in [0, 0.1) is 11.3 Å². The van der Waals surface area contributed by atoms with Gasteiger partial charge in [0, 0.05) is 5.56 Å². The van der Waals surface area contributed by atoms with Gasteiger partial charge < -0.3 is 4.74 Å². The van der Waals surface area contributed by atoms with E-state index in [9.17, 15) is 18.4 Å². The zero-order valence-electron chi connectivity index (χ0n) is 14.2. The van der Waals surface area contributed by atoms with Gasteiger partial charge in [-0.25, -0.2) is 4.98 Å². The number of hydrogen-bond donors (Lipinski definition) is 0. The van der Waals surface area contributed by atoms with Gasteiger partial charge in [0.05, 0.1) is 27.4 Å². The number of ether oxygens (including phenoxy) is 1. The van der Waals surface area contributed by atoms with E-state index < -0.39 is 11.7 Å². The van der Waals surface area contributed by atoms with Gasteiger partial charge in [0.2, 0.25) is 0 Å². The van der Waals surface area contributed by atoms with Crippen molar-refractivity contribution in [1.29, 1.82) is 5.26 Å². The first-order chi connectivity index (χ1) is 13.4. The van der Waals surface area contributed by atoms with E-state index >= 15 is 0 Å². The molecule has 0 unspecified atom stereocenters. The fraction of sp³-hybridized carbons (Fsp3) is 0.0476. The molecule has 0 radical (unpaired) electrons. The van der Waals surface area contributed by atoms with Crippen molar-refractivity contribution in [2.24, 2.45) is 0 Å². The molecule has 0 saturated heterocycles. The number of rotatable bonds is 3. The zero-order valence-corrected chi connectivity index (χ0v) is 15.0. The minimum absolute atomic E-state index is 0.308. The average Bonchev–Trinajstić information content (AvgIpc) is 3.10. The van der Waals surface area contributed by atoms with Crippen molar-refractivity contribution in [3.8, 4) is 28.1 Å². The summed E-state index contributed by atoms with van der Waals surface area (Å²) >= 11 is 1.34. The standard InChI is InChI=1S/C21H11F3N2OS/c22-21(23,24)15-5-3-4-14(11-15)16-10-13(12-25)8-9-18(16)27-20-26-17-6-1-2-7-19(17)28-20/h1-11H. The predicted octanol–water partition coefficient (Wildman–Crippen LogP) is 6.65. The Kier molecular flexibility index (Phi) is 4.49. The molecule has 3 aromatic carbocycles. The van der Waals surface area contributed by atoms with Gasteiger partial charge in [0.1, 0.15) is 5.75 Å². The number of hydrogen-bond acceptors (Lipinski definition) is 4. The topological polar surface area (TPSA) is 45.9 Å². The normalized spacial score (nSPS) is 11.4. The minimum atomic E-state index is -4.46. The first kappa shape index (κ1) is 18.0. The lowest BCUT2D eigenvalue weighted by atomic mass is 10.00. The predicted molar refractivity (Wildman–Crippen MR) is 101 cm³/mol. The Morgan fingerprint density at radius 1 is 0.964 bits per heavy atom. The maximum absolute atomic E-state index is 13.1. The van der Waals surface area contributed by atoms with Crippen molar-refractivity contribution in [3.05, 3.63) is 77.9 Å². The number of halogens is 3. The maximum atomic E-state index is 13.1. The highest BCUT2D eigenvalue weighted by atomic mass is 32.1. The van der Waals surface area contributed by atoms with Crippen LogP contribution < -0.4 is 4.74 Å². The van der Waals surface area contributed by atoms with Crippen LogP contribution >= 0.6 is 11.3 Å². The first-order valence-electron chi connectivity index (χ1n) is 8.19. The fourth-order valence-corrected chi connectivity index (χ4v) is 3.59. The summed E-state index contributed by atoms with van der Waals surface area (Å²) in [6.45, 7) is 0. The van der Waals surface area contributed by atoms with E-state index in [1.54, 1.807) is 18.2 Å². The summed E-state index contributed by atoms with van der Waals surface area (Å²) in [6.07, 6.45) is -4.46. The van der Waals surface area contributed by atoms with Crippen molar-refractivity contribution in [2.45, 2.75) is 6.18 Å². The number of aromatic nitrogens is 1. The van der Waals surface area contributed by atoms with Crippen LogP contribution in [0.2, 0.25) is 0 Å². The first-order valence-corrected chi connectivity index (χ1v) is 9.01. The van der Waals surface area contributed by atoms with E-state index in [2.05, 4.69) is 4.98 Å². The molecular weight excluding hydrogens is 385 g/mol. The molecule has 28 heavy (non-hydrogen) atoms. The van der Waals surface area contributed by atoms with Gasteiger partial charge in [-0.15, -0.1) is 0 Å². The van der Waals surface area contributed by atoms with E-state index in [1.807, 2.05) is 30.3 Å². The summed E-state index contributed by atoms with van der Waals surface area (Å²) < 4.78 is 46.1. The number of para-hydroxylation sites is 1. The zero-order chi connectivity index (χ0) is 19.7. The summed E-state index contributed by atoms with van der Waals surface area (Å²) in [5.41, 5.74) is 1.03. The minimum Gasteiger partial charge on any atom is -0.430 e. The van der Waals surface area contributed by atoms with E-state index in [-0.39, 0.29) is 0 Å². The smallest absolute Gasteiger partial charge is 0.416 e. The molecule has 0 saturated carbocycles. The van der Waals surface area contributed by atoms with Crippen molar-refractivity contribution in [2.75, 3.05) is 0 Å². The Hall–Kier alpha value is -3.37. The van der Waals surface area contributed by atoms with Gasteiger partial charge in [0.25, 0.3) is 5.19 Å². The molecule has 0 aliphatic carbocycles. The molecule has 138 valence electrons. The molecule has 0 aliphatic heterocycles. The van der Waals surface area contributed by atoms with Crippen LogP contribution in [0.3, 0.4) is 0 Å². The highest BCUT2D eigenvalue weighted by Crippen LogP contribution is 2.39. The molecule has 0 fully saturated rings. The number of alkyl halides is 3. The summed E-state index contributed by atoms with van der Waals surface area (Å²) in [5, 5.41) is 9.56. The molecule has 7 heteroatoms. The molecule has 0 N–H and O–H groups in total. The van der Waals surface area contributed by atoms with Gasteiger partial charge in [-0.2, -0.15) is 18.4 Å². The molecule has 4 rings (SSSR count). The van der Waals surface area contributed by atoms with E-state index in [0.717, 1.165) is 22.3 Å². The van der Waals surface area contributed by atoms with Crippen molar-refractivity contribution in [3.63, 3.8) is 0 Å². The molecule has 0 atom stereocenters. The van der Waals surface area contributed by atoms with Crippen LogP contribution in [0.15, 0.2) is 66.7 Å². The van der Waals surface area contributed by atoms with Crippen molar-refractivity contribution in [1.82, 2.24) is 4.98 Å². The molecule has 4 aromatic rings. The van der Waals surface area contributed by atoms with Crippen molar-refractivity contribution < 1.29 is 17.9 Å². The van der Waals surface area contributed by atoms with Gasteiger partial charge in [0.15, 0.2) is 0 Å². The summed E-state index contributed by atoms with van der Waals surface area (Å²) in [5.74, 6) is 0.331. The van der Waals surface area contributed by atoms with Gasteiger partial charge >= 0.3 is 6.18 Å². The Labute approximate surface area is 162 Å². The Morgan fingerprint density at radius 2 is 1.79 bits per heavy atom. The third-order valence-corrected chi connectivity index (χ3v) is 5.00. The molecule has 1 aromatic heterocycles. The SMILES string of the molecule is N#Cc1ccc(Oc2nc3ccccc3s2)c(-c2cccc(C(F)(F)F)c2)c1. The summed E-state index contributed by atoms with van der Waals surface area (Å²) in [7, 11) is 0. The number of nitrogens with zero attached hydrogens (tertiary/aromatic N) is 2. The Balaban J connectivity index is 1.79. The maximum Gasteiger partial charge on any atom is 0.416 e. The van der Waals surface area contributed by atoms with Crippen LogP contribution in [0.4, 0.5) is 13.2 Å². The number of nitriles is 1. The second-order valence-electron chi connectivity index (χ2n) is 5.95. The summed E-state index contributed by atoms with van der Waals surface area (Å²) in [4.78, 5) is 4.39. The van der Waals surface area contributed by atoms with Gasteiger partial charge in [-0.3, -0.25) is 0 Å². The third kappa shape index (κ3) is 3.55. The molecule has 0 aliphatic rings.